The molecule has 1 aromatic rings. The molecule has 2 amide bonds. The minimum absolute atomic E-state index is 0.0259. The van der Waals surface area contributed by atoms with Crippen molar-refractivity contribution in [2.75, 3.05) is 25.0 Å². The van der Waals surface area contributed by atoms with Crippen molar-refractivity contribution in [2.24, 2.45) is 0 Å². The van der Waals surface area contributed by atoms with Gasteiger partial charge >= 0.3 is 5.97 Å². The van der Waals surface area contributed by atoms with Crippen molar-refractivity contribution in [3.63, 3.8) is 0 Å². The summed E-state index contributed by atoms with van der Waals surface area (Å²) in [6.07, 6.45) is 3.34. The SMILES string of the molecule is CCOC(=O)c1cccc(NC(=O)CN2CCCCCC2=O)c1. The molecular formula is C17H22N2O4. The zero-order valence-corrected chi connectivity index (χ0v) is 13.3. The minimum atomic E-state index is -0.425. The largest absolute Gasteiger partial charge is 0.462 e. The summed E-state index contributed by atoms with van der Waals surface area (Å²) >= 11 is 0. The first kappa shape index (κ1) is 17.0. The Hall–Kier alpha value is -2.37. The molecule has 2 rings (SSSR count). The Balaban J connectivity index is 1.95. The van der Waals surface area contributed by atoms with Crippen molar-refractivity contribution >= 4 is 23.5 Å². The van der Waals surface area contributed by atoms with Gasteiger partial charge in [0.25, 0.3) is 0 Å². The van der Waals surface area contributed by atoms with Crippen LogP contribution in [0.2, 0.25) is 0 Å². The van der Waals surface area contributed by atoms with Crippen LogP contribution in [0.25, 0.3) is 0 Å². The van der Waals surface area contributed by atoms with Gasteiger partial charge in [-0.15, -0.1) is 0 Å². The van der Waals surface area contributed by atoms with Gasteiger partial charge in [0.15, 0.2) is 0 Å². The predicted molar refractivity (Wildman–Crippen MR) is 86.1 cm³/mol. The van der Waals surface area contributed by atoms with Crippen LogP contribution in [0.1, 0.15) is 43.0 Å². The Morgan fingerprint density at radius 1 is 1.26 bits per heavy atom. The summed E-state index contributed by atoms with van der Waals surface area (Å²) in [5.74, 6) is -0.662. The molecule has 6 heteroatoms. The van der Waals surface area contributed by atoms with Gasteiger partial charge in [0.2, 0.25) is 11.8 Å². The standard InChI is InChI=1S/C17H22N2O4/c1-2-23-17(22)13-7-6-8-14(11-13)18-15(20)12-19-10-5-3-4-9-16(19)21/h6-8,11H,2-5,9-10,12H2,1H3,(H,18,20). The van der Waals surface area contributed by atoms with Gasteiger partial charge in [0.1, 0.15) is 0 Å². The number of carbonyl (C=O) groups is 3. The zero-order valence-electron chi connectivity index (χ0n) is 13.3. The van der Waals surface area contributed by atoms with E-state index in [1.165, 1.54) is 0 Å². The molecule has 1 heterocycles. The summed E-state index contributed by atoms with van der Waals surface area (Å²) in [6.45, 7) is 2.70. The summed E-state index contributed by atoms with van der Waals surface area (Å²) < 4.78 is 4.93. The van der Waals surface area contributed by atoms with Crippen LogP contribution in [-0.2, 0) is 14.3 Å². The minimum Gasteiger partial charge on any atom is -0.462 e. The Bertz CT molecular complexity index is 586. The molecule has 6 nitrogen and oxygen atoms in total. The lowest BCUT2D eigenvalue weighted by atomic mass is 10.2. The molecular weight excluding hydrogens is 296 g/mol. The normalized spacial score (nSPS) is 15.0. The number of carbonyl (C=O) groups excluding carboxylic acids is 3. The maximum absolute atomic E-state index is 12.1. The van der Waals surface area contributed by atoms with E-state index in [-0.39, 0.29) is 18.4 Å². The Labute approximate surface area is 135 Å². The fourth-order valence-electron chi connectivity index (χ4n) is 2.52. The van der Waals surface area contributed by atoms with Gasteiger partial charge in [0, 0.05) is 18.7 Å². The number of anilines is 1. The maximum atomic E-state index is 12.1. The van der Waals surface area contributed by atoms with Crippen LogP contribution in [0.4, 0.5) is 5.69 Å². The monoisotopic (exact) mass is 318 g/mol. The molecule has 1 saturated heterocycles. The third-order valence-electron chi connectivity index (χ3n) is 3.66. The number of rotatable bonds is 5. The van der Waals surface area contributed by atoms with Gasteiger partial charge in [-0.05, 0) is 38.0 Å². The van der Waals surface area contributed by atoms with E-state index >= 15 is 0 Å². The van der Waals surface area contributed by atoms with Gasteiger partial charge in [-0.25, -0.2) is 4.79 Å². The second-order valence-electron chi connectivity index (χ2n) is 5.48. The molecule has 1 aromatic carbocycles. The first-order chi connectivity index (χ1) is 11.1. The number of nitrogens with one attached hydrogen (secondary N) is 1. The highest BCUT2D eigenvalue weighted by atomic mass is 16.5. The number of amides is 2. The Morgan fingerprint density at radius 3 is 2.87 bits per heavy atom. The highest BCUT2D eigenvalue weighted by Gasteiger charge is 2.19. The van der Waals surface area contributed by atoms with Crippen molar-refractivity contribution < 1.29 is 19.1 Å². The van der Waals surface area contributed by atoms with E-state index in [0.717, 1.165) is 19.3 Å². The van der Waals surface area contributed by atoms with Gasteiger partial charge in [-0.2, -0.15) is 0 Å². The fourth-order valence-corrected chi connectivity index (χ4v) is 2.52. The number of hydrogen-bond acceptors (Lipinski definition) is 4. The number of esters is 1. The number of likely N-dealkylation sites (tertiary alicyclic amines) is 1. The van der Waals surface area contributed by atoms with Crippen molar-refractivity contribution in [3.05, 3.63) is 29.8 Å². The Morgan fingerprint density at radius 2 is 2.09 bits per heavy atom. The van der Waals surface area contributed by atoms with Gasteiger partial charge in [0.05, 0.1) is 18.7 Å². The van der Waals surface area contributed by atoms with Crippen LogP contribution < -0.4 is 5.32 Å². The van der Waals surface area contributed by atoms with E-state index in [0.29, 0.717) is 30.8 Å². The van der Waals surface area contributed by atoms with Crippen LogP contribution in [-0.4, -0.2) is 42.4 Å². The van der Waals surface area contributed by atoms with Gasteiger partial charge < -0.3 is 15.0 Å². The van der Waals surface area contributed by atoms with Crippen LogP contribution >= 0.6 is 0 Å². The molecule has 1 fully saturated rings. The van der Waals surface area contributed by atoms with E-state index in [9.17, 15) is 14.4 Å². The molecule has 0 aromatic heterocycles. The van der Waals surface area contributed by atoms with E-state index in [1.54, 1.807) is 36.1 Å². The predicted octanol–water partition coefficient (Wildman–Crippen LogP) is 2.20. The Kier molecular flexibility index (Phi) is 6.14. The average Bonchev–Trinajstić information content (AvgIpc) is 2.73. The van der Waals surface area contributed by atoms with Crippen molar-refractivity contribution in [1.82, 2.24) is 4.90 Å². The van der Waals surface area contributed by atoms with E-state index in [4.69, 9.17) is 4.74 Å². The van der Waals surface area contributed by atoms with Crippen LogP contribution in [0.5, 0.6) is 0 Å². The first-order valence-electron chi connectivity index (χ1n) is 7.95. The summed E-state index contributed by atoms with van der Waals surface area (Å²) in [4.78, 5) is 37.3. The van der Waals surface area contributed by atoms with Crippen molar-refractivity contribution in [2.45, 2.75) is 32.6 Å². The number of ether oxygens (including phenoxy) is 1. The maximum Gasteiger partial charge on any atom is 0.338 e. The fraction of sp³-hybridized carbons (Fsp3) is 0.471. The topological polar surface area (TPSA) is 75.7 Å². The molecule has 0 bridgehead atoms. The molecule has 0 atom stereocenters. The molecule has 0 saturated carbocycles. The van der Waals surface area contributed by atoms with Crippen molar-refractivity contribution in [3.8, 4) is 0 Å². The second kappa shape index (κ2) is 8.31. The molecule has 1 aliphatic heterocycles. The third kappa shape index (κ3) is 5.09. The molecule has 0 radical (unpaired) electrons. The molecule has 1 aliphatic rings. The summed E-state index contributed by atoms with van der Waals surface area (Å²) in [7, 11) is 0. The van der Waals surface area contributed by atoms with Gasteiger partial charge in [-0.1, -0.05) is 12.5 Å². The van der Waals surface area contributed by atoms with Crippen LogP contribution in [0.15, 0.2) is 24.3 Å². The number of benzene rings is 1. The van der Waals surface area contributed by atoms with Crippen LogP contribution in [0.3, 0.4) is 0 Å². The summed E-state index contributed by atoms with van der Waals surface area (Å²) in [5, 5.41) is 2.73. The van der Waals surface area contributed by atoms with Crippen molar-refractivity contribution in [1.29, 1.82) is 0 Å². The van der Waals surface area contributed by atoms with E-state index in [2.05, 4.69) is 5.32 Å². The van der Waals surface area contributed by atoms with E-state index < -0.39 is 5.97 Å². The molecule has 23 heavy (non-hydrogen) atoms. The first-order valence-corrected chi connectivity index (χ1v) is 7.95. The molecule has 0 spiro atoms. The lowest BCUT2D eigenvalue weighted by Crippen LogP contribution is -2.37. The highest BCUT2D eigenvalue weighted by Crippen LogP contribution is 2.13. The van der Waals surface area contributed by atoms with Crippen LogP contribution in [0, 0.1) is 0 Å². The summed E-state index contributed by atoms with van der Waals surface area (Å²) in [6, 6.07) is 6.58. The number of hydrogen-bond donors (Lipinski definition) is 1. The summed E-state index contributed by atoms with van der Waals surface area (Å²) in [5.41, 5.74) is 0.901. The molecule has 124 valence electrons. The lowest BCUT2D eigenvalue weighted by Gasteiger charge is -2.19. The second-order valence-corrected chi connectivity index (χ2v) is 5.48. The zero-order chi connectivity index (χ0) is 16.7. The molecule has 1 N–H and O–H groups in total. The smallest absolute Gasteiger partial charge is 0.338 e. The quantitative estimate of drug-likeness (QED) is 0.845. The number of nitrogens with zero attached hydrogens (tertiary/aromatic N) is 1. The lowest BCUT2D eigenvalue weighted by molar-refractivity contribution is -0.134. The third-order valence-corrected chi connectivity index (χ3v) is 3.66. The molecule has 0 unspecified atom stereocenters. The average molecular weight is 318 g/mol. The van der Waals surface area contributed by atoms with Gasteiger partial charge in [-0.3, -0.25) is 9.59 Å². The van der Waals surface area contributed by atoms with E-state index in [1.807, 2.05) is 0 Å². The highest BCUT2D eigenvalue weighted by molar-refractivity contribution is 5.96. The molecule has 0 aliphatic carbocycles.